The summed E-state index contributed by atoms with van der Waals surface area (Å²) < 4.78 is 25.6. The molecule has 2 unspecified atom stereocenters. The van der Waals surface area contributed by atoms with Crippen molar-refractivity contribution in [2.24, 2.45) is 0 Å². The van der Waals surface area contributed by atoms with Crippen molar-refractivity contribution in [3.05, 3.63) is 22.4 Å². The molecule has 17 heavy (non-hydrogen) atoms. The maximum absolute atomic E-state index is 11.6. The Bertz CT molecular complexity index is 467. The molecule has 0 aliphatic rings. The Morgan fingerprint density at radius 3 is 2.65 bits per heavy atom. The number of carbonyl (C=O) groups is 1. The van der Waals surface area contributed by atoms with Gasteiger partial charge in [0, 0.05) is 6.04 Å². The second-order valence-corrected chi connectivity index (χ2v) is 6.69. The largest absolute Gasteiger partial charge is 0.480 e. The summed E-state index contributed by atoms with van der Waals surface area (Å²) in [6.45, 7) is 2.87. The smallest absolute Gasteiger partial charge is 0.323 e. The molecule has 1 aromatic rings. The summed E-state index contributed by atoms with van der Waals surface area (Å²) in [5.41, 5.74) is 1.04. The summed E-state index contributed by atoms with van der Waals surface area (Å²) in [6.07, 6.45) is 0.551. The van der Waals surface area contributed by atoms with Gasteiger partial charge in [0.25, 0.3) is 0 Å². The van der Waals surface area contributed by atoms with E-state index >= 15 is 0 Å². The normalized spacial score (nSPS) is 15.4. The molecule has 1 heterocycles. The predicted molar refractivity (Wildman–Crippen MR) is 66.6 cm³/mol. The second-order valence-electron chi connectivity index (χ2n) is 3.88. The third-order valence-electron chi connectivity index (χ3n) is 2.30. The monoisotopic (exact) mass is 277 g/mol. The fourth-order valence-electron chi connectivity index (χ4n) is 1.32. The van der Waals surface area contributed by atoms with Crippen LogP contribution in [0.1, 0.15) is 19.4 Å². The Morgan fingerprint density at radius 2 is 2.18 bits per heavy atom. The first-order valence-electron chi connectivity index (χ1n) is 5.08. The van der Waals surface area contributed by atoms with E-state index in [0.29, 0.717) is 6.42 Å². The van der Waals surface area contributed by atoms with E-state index in [2.05, 4.69) is 4.72 Å². The molecular weight excluding hydrogens is 262 g/mol. The van der Waals surface area contributed by atoms with Crippen LogP contribution in [0.15, 0.2) is 16.8 Å². The average molecular weight is 277 g/mol. The molecule has 0 saturated carbocycles. The minimum Gasteiger partial charge on any atom is -0.480 e. The lowest BCUT2D eigenvalue weighted by molar-refractivity contribution is -0.136. The quantitative estimate of drug-likeness (QED) is 0.814. The van der Waals surface area contributed by atoms with Crippen LogP contribution in [0.5, 0.6) is 0 Å². The van der Waals surface area contributed by atoms with Crippen LogP contribution in [0.2, 0.25) is 0 Å². The number of hydrogen-bond acceptors (Lipinski definition) is 4. The number of hydrogen-bond donors (Lipinski definition) is 2. The number of carboxylic acids is 1. The van der Waals surface area contributed by atoms with Gasteiger partial charge in [-0.2, -0.15) is 11.3 Å². The Balaban J connectivity index is 2.62. The van der Waals surface area contributed by atoms with Gasteiger partial charge in [0.15, 0.2) is 5.25 Å². The maximum Gasteiger partial charge on any atom is 0.323 e. The molecule has 0 bridgehead atoms. The lowest BCUT2D eigenvalue weighted by Crippen LogP contribution is -2.42. The van der Waals surface area contributed by atoms with Gasteiger partial charge in [-0.1, -0.05) is 0 Å². The van der Waals surface area contributed by atoms with Crippen LogP contribution in [0.25, 0.3) is 0 Å². The van der Waals surface area contributed by atoms with Crippen LogP contribution in [-0.4, -0.2) is 30.8 Å². The zero-order valence-corrected chi connectivity index (χ0v) is 11.2. The third kappa shape index (κ3) is 4.10. The average Bonchev–Trinajstić information content (AvgIpc) is 2.67. The molecule has 2 N–H and O–H groups in total. The highest BCUT2D eigenvalue weighted by atomic mass is 32.2. The zero-order valence-electron chi connectivity index (χ0n) is 9.58. The first kappa shape index (κ1) is 14.1. The van der Waals surface area contributed by atoms with Crippen molar-refractivity contribution in [2.75, 3.05) is 0 Å². The Morgan fingerprint density at radius 1 is 1.53 bits per heavy atom. The van der Waals surface area contributed by atoms with Gasteiger partial charge in [-0.25, -0.2) is 13.1 Å². The fourth-order valence-corrected chi connectivity index (χ4v) is 3.11. The third-order valence-corrected chi connectivity index (χ3v) is 4.90. The number of aliphatic carboxylic acids is 1. The van der Waals surface area contributed by atoms with Crippen LogP contribution in [-0.2, 0) is 21.2 Å². The molecule has 1 aromatic heterocycles. The Labute approximate surface area is 105 Å². The van der Waals surface area contributed by atoms with Gasteiger partial charge in [0.05, 0.1) is 0 Å². The van der Waals surface area contributed by atoms with E-state index in [-0.39, 0.29) is 6.04 Å². The topological polar surface area (TPSA) is 83.5 Å². The van der Waals surface area contributed by atoms with Crippen molar-refractivity contribution in [2.45, 2.75) is 31.6 Å². The van der Waals surface area contributed by atoms with Crippen LogP contribution in [0.4, 0.5) is 0 Å². The molecule has 5 nitrogen and oxygen atoms in total. The predicted octanol–water partition coefficient (Wildman–Crippen LogP) is 1.07. The standard InChI is InChI=1S/C10H15NO4S2/c1-7(5-9-3-4-16-6-9)11-17(14,15)8(2)10(12)13/h3-4,6-8,11H,5H2,1-2H3,(H,12,13). The lowest BCUT2D eigenvalue weighted by Gasteiger charge is -2.15. The van der Waals surface area contributed by atoms with Gasteiger partial charge in [-0.05, 0) is 42.7 Å². The molecule has 1 rings (SSSR count). The molecule has 0 aliphatic heterocycles. The summed E-state index contributed by atoms with van der Waals surface area (Å²) in [5.74, 6) is -1.35. The molecule has 0 spiro atoms. The number of sulfonamides is 1. The van der Waals surface area contributed by atoms with E-state index in [4.69, 9.17) is 5.11 Å². The van der Waals surface area contributed by atoms with Crippen LogP contribution in [0, 0.1) is 0 Å². The van der Waals surface area contributed by atoms with Crippen molar-refractivity contribution in [1.29, 1.82) is 0 Å². The van der Waals surface area contributed by atoms with E-state index in [0.717, 1.165) is 12.5 Å². The van der Waals surface area contributed by atoms with E-state index in [1.54, 1.807) is 6.92 Å². The van der Waals surface area contributed by atoms with Crippen molar-refractivity contribution in [3.63, 3.8) is 0 Å². The van der Waals surface area contributed by atoms with E-state index in [1.807, 2.05) is 16.8 Å². The molecule has 2 atom stereocenters. The van der Waals surface area contributed by atoms with E-state index in [1.165, 1.54) is 11.3 Å². The van der Waals surface area contributed by atoms with E-state index in [9.17, 15) is 13.2 Å². The molecule has 0 aromatic carbocycles. The molecule has 0 amide bonds. The lowest BCUT2D eigenvalue weighted by atomic mass is 10.1. The SMILES string of the molecule is CC(Cc1ccsc1)NS(=O)(=O)C(C)C(=O)O. The molecule has 0 saturated heterocycles. The van der Waals surface area contributed by atoms with Crippen molar-refractivity contribution < 1.29 is 18.3 Å². The van der Waals surface area contributed by atoms with Crippen LogP contribution < -0.4 is 4.72 Å². The van der Waals surface area contributed by atoms with Gasteiger partial charge in [0.2, 0.25) is 10.0 Å². The summed E-state index contributed by atoms with van der Waals surface area (Å²) >= 11 is 1.54. The highest BCUT2D eigenvalue weighted by molar-refractivity contribution is 7.90. The molecule has 0 radical (unpaired) electrons. The summed E-state index contributed by atoms with van der Waals surface area (Å²) in [7, 11) is -3.81. The van der Waals surface area contributed by atoms with Crippen molar-refractivity contribution >= 4 is 27.3 Å². The number of carboxylic acid groups (broad SMARTS) is 1. The van der Waals surface area contributed by atoms with Crippen LogP contribution in [0.3, 0.4) is 0 Å². The number of thiophene rings is 1. The minimum atomic E-state index is -3.81. The first-order valence-corrected chi connectivity index (χ1v) is 7.57. The van der Waals surface area contributed by atoms with E-state index < -0.39 is 21.2 Å². The first-order chi connectivity index (χ1) is 7.83. The van der Waals surface area contributed by atoms with Gasteiger partial charge >= 0.3 is 5.97 Å². The molecule has 96 valence electrons. The summed E-state index contributed by atoms with van der Waals surface area (Å²) in [6, 6.07) is 1.59. The van der Waals surface area contributed by atoms with Crippen LogP contribution >= 0.6 is 11.3 Å². The van der Waals surface area contributed by atoms with Gasteiger partial charge < -0.3 is 5.11 Å². The summed E-state index contributed by atoms with van der Waals surface area (Å²) in [5, 5.41) is 11.1. The van der Waals surface area contributed by atoms with Gasteiger partial charge in [0.1, 0.15) is 0 Å². The Hall–Kier alpha value is -0.920. The minimum absolute atomic E-state index is 0.323. The molecular formula is C10H15NO4S2. The zero-order chi connectivity index (χ0) is 13.1. The second kappa shape index (κ2) is 5.61. The highest BCUT2D eigenvalue weighted by Crippen LogP contribution is 2.10. The van der Waals surface area contributed by atoms with Crippen molar-refractivity contribution in [1.82, 2.24) is 4.72 Å². The number of nitrogens with one attached hydrogen (secondary N) is 1. The van der Waals surface area contributed by atoms with Crippen molar-refractivity contribution in [3.8, 4) is 0 Å². The molecule has 0 fully saturated rings. The van der Waals surface area contributed by atoms with Gasteiger partial charge in [-0.15, -0.1) is 0 Å². The Kier molecular flexibility index (Phi) is 4.67. The molecule has 0 aliphatic carbocycles. The molecule has 7 heteroatoms. The number of rotatable bonds is 6. The highest BCUT2D eigenvalue weighted by Gasteiger charge is 2.28. The fraction of sp³-hybridized carbons (Fsp3) is 0.500. The maximum atomic E-state index is 11.6. The van der Waals surface area contributed by atoms with Gasteiger partial charge in [-0.3, -0.25) is 4.79 Å². The summed E-state index contributed by atoms with van der Waals surface area (Å²) in [4.78, 5) is 10.6.